The number of aliphatic hydroxyl groups excluding tert-OH is 1. The number of nitrogens with one attached hydrogen (secondary N) is 1. The van der Waals surface area contributed by atoms with Crippen LogP contribution in [0.15, 0.2) is 42.5 Å². The van der Waals surface area contributed by atoms with E-state index >= 15 is 0 Å². The number of hydrogen-bond acceptors (Lipinski definition) is 3. The number of hydrogen-bond donors (Lipinski definition) is 2. The Hall–Kier alpha value is -2.33. The van der Waals surface area contributed by atoms with Gasteiger partial charge < -0.3 is 15.3 Å². The predicted octanol–water partition coefficient (Wildman–Crippen LogP) is 3.51. The Morgan fingerprint density at radius 3 is 2.60 bits per heavy atom. The summed E-state index contributed by atoms with van der Waals surface area (Å²) in [6, 6.07) is 13.9. The van der Waals surface area contributed by atoms with Gasteiger partial charge in [0.25, 0.3) is 5.91 Å². The molecule has 2 N–H and O–H groups in total. The fourth-order valence-electron chi connectivity index (χ4n) is 3.58. The van der Waals surface area contributed by atoms with E-state index in [1.54, 1.807) is 4.90 Å². The Kier molecular flexibility index (Phi) is 5.39. The lowest BCUT2D eigenvalue weighted by Crippen LogP contribution is -2.37. The Morgan fingerprint density at radius 1 is 1.16 bits per heavy atom. The molecule has 0 bridgehead atoms. The second kappa shape index (κ2) is 7.70. The monoisotopic (exact) mass is 338 g/mol. The van der Waals surface area contributed by atoms with Crippen molar-refractivity contribution < 1.29 is 9.90 Å². The van der Waals surface area contributed by atoms with Crippen molar-refractivity contribution in [1.29, 1.82) is 0 Å². The van der Waals surface area contributed by atoms with Gasteiger partial charge in [-0.15, -0.1) is 0 Å². The largest absolute Gasteiger partial charge is 0.394 e. The Morgan fingerprint density at radius 2 is 1.88 bits per heavy atom. The van der Waals surface area contributed by atoms with Gasteiger partial charge in [0.2, 0.25) is 0 Å². The third-order valence-corrected chi connectivity index (χ3v) is 5.11. The SMILES string of the molecule is Cc1cccc(C)c1CNc1ccccc1C(=O)N1CCCC1CO. The maximum Gasteiger partial charge on any atom is 0.256 e. The predicted molar refractivity (Wildman–Crippen MR) is 101 cm³/mol. The molecule has 1 saturated heterocycles. The fraction of sp³-hybridized carbons (Fsp3) is 0.381. The molecule has 0 spiro atoms. The zero-order valence-electron chi connectivity index (χ0n) is 15.0. The summed E-state index contributed by atoms with van der Waals surface area (Å²) < 4.78 is 0. The lowest BCUT2D eigenvalue weighted by Gasteiger charge is -2.24. The van der Waals surface area contributed by atoms with Crippen LogP contribution in [0.5, 0.6) is 0 Å². The zero-order valence-corrected chi connectivity index (χ0v) is 15.0. The molecule has 1 fully saturated rings. The van der Waals surface area contributed by atoms with Crippen LogP contribution in [0.2, 0.25) is 0 Å². The summed E-state index contributed by atoms with van der Waals surface area (Å²) in [6.07, 6.45) is 1.83. The average Bonchev–Trinajstić information content (AvgIpc) is 3.10. The molecular formula is C21H26N2O2. The molecule has 3 rings (SSSR count). The van der Waals surface area contributed by atoms with Gasteiger partial charge in [0.05, 0.1) is 18.2 Å². The minimum atomic E-state index is -0.0563. The molecular weight excluding hydrogens is 312 g/mol. The third kappa shape index (κ3) is 3.69. The fourth-order valence-corrected chi connectivity index (χ4v) is 3.58. The van der Waals surface area contributed by atoms with Crippen LogP contribution >= 0.6 is 0 Å². The first kappa shape index (κ1) is 17.5. The number of anilines is 1. The first-order valence-corrected chi connectivity index (χ1v) is 8.91. The molecule has 1 amide bonds. The van der Waals surface area contributed by atoms with E-state index in [-0.39, 0.29) is 18.6 Å². The maximum absolute atomic E-state index is 13.0. The van der Waals surface area contributed by atoms with E-state index in [0.29, 0.717) is 12.1 Å². The molecule has 1 unspecified atom stereocenters. The Labute approximate surface area is 149 Å². The summed E-state index contributed by atoms with van der Waals surface area (Å²) in [5, 5.41) is 12.9. The van der Waals surface area contributed by atoms with Crippen LogP contribution in [-0.2, 0) is 6.54 Å². The molecule has 0 aromatic heterocycles. The Bertz CT molecular complexity index is 737. The summed E-state index contributed by atoms with van der Waals surface area (Å²) in [5.74, 6) is 0.00107. The van der Waals surface area contributed by atoms with Crippen molar-refractivity contribution in [3.8, 4) is 0 Å². The molecule has 1 heterocycles. The van der Waals surface area contributed by atoms with Gasteiger partial charge in [0, 0.05) is 18.8 Å². The van der Waals surface area contributed by atoms with Crippen molar-refractivity contribution in [1.82, 2.24) is 4.90 Å². The lowest BCUT2D eigenvalue weighted by atomic mass is 10.0. The van der Waals surface area contributed by atoms with E-state index in [1.165, 1.54) is 16.7 Å². The first-order chi connectivity index (χ1) is 12.1. The van der Waals surface area contributed by atoms with Crippen LogP contribution in [0.3, 0.4) is 0 Å². The number of amides is 1. The van der Waals surface area contributed by atoms with Crippen molar-refractivity contribution in [3.05, 3.63) is 64.7 Å². The van der Waals surface area contributed by atoms with Crippen molar-refractivity contribution in [2.75, 3.05) is 18.5 Å². The highest BCUT2D eigenvalue weighted by atomic mass is 16.3. The summed E-state index contributed by atoms with van der Waals surface area (Å²) in [7, 11) is 0. The van der Waals surface area contributed by atoms with Crippen LogP contribution in [0.4, 0.5) is 5.69 Å². The number of benzene rings is 2. The molecule has 0 radical (unpaired) electrons. The van der Waals surface area contributed by atoms with Crippen molar-refractivity contribution in [2.24, 2.45) is 0 Å². The smallest absolute Gasteiger partial charge is 0.256 e. The first-order valence-electron chi connectivity index (χ1n) is 8.91. The number of aryl methyl sites for hydroxylation is 2. The highest BCUT2D eigenvalue weighted by Crippen LogP contribution is 2.24. The number of carbonyl (C=O) groups excluding carboxylic acids is 1. The maximum atomic E-state index is 13.0. The summed E-state index contributed by atoms with van der Waals surface area (Å²) in [5.41, 5.74) is 5.28. The van der Waals surface area contributed by atoms with Crippen LogP contribution in [0.1, 0.15) is 39.9 Å². The quantitative estimate of drug-likeness (QED) is 0.877. The van der Waals surface area contributed by atoms with Gasteiger partial charge in [-0.3, -0.25) is 4.79 Å². The summed E-state index contributed by atoms with van der Waals surface area (Å²) >= 11 is 0. The number of likely N-dealkylation sites (tertiary alicyclic amines) is 1. The molecule has 4 heteroatoms. The zero-order chi connectivity index (χ0) is 17.8. The number of aliphatic hydroxyl groups is 1. The van der Waals surface area contributed by atoms with Crippen molar-refractivity contribution >= 4 is 11.6 Å². The van der Waals surface area contributed by atoms with Crippen molar-refractivity contribution in [3.63, 3.8) is 0 Å². The number of nitrogens with zero attached hydrogens (tertiary/aromatic N) is 1. The second-order valence-corrected chi connectivity index (χ2v) is 6.75. The molecule has 2 aromatic rings. The van der Waals surface area contributed by atoms with E-state index in [2.05, 4.69) is 37.4 Å². The second-order valence-electron chi connectivity index (χ2n) is 6.75. The van der Waals surface area contributed by atoms with E-state index < -0.39 is 0 Å². The lowest BCUT2D eigenvalue weighted by molar-refractivity contribution is 0.0678. The number of rotatable bonds is 5. The topological polar surface area (TPSA) is 52.6 Å². The van der Waals surface area contributed by atoms with Crippen LogP contribution in [-0.4, -0.2) is 35.1 Å². The van der Waals surface area contributed by atoms with Gasteiger partial charge in [-0.1, -0.05) is 30.3 Å². The van der Waals surface area contributed by atoms with Gasteiger partial charge in [-0.05, 0) is 55.5 Å². The van der Waals surface area contributed by atoms with Gasteiger partial charge in [0.15, 0.2) is 0 Å². The molecule has 1 aliphatic rings. The molecule has 0 saturated carbocycles. The van der Waals surface area contributed by atoms with Crippen molar-refractivity contribution in [2.45, 2.75) is 39.3 Å². The van der Waals surface area contributed by atoms with Gasteiger partial charge in [-0.25, -0.2) is 0 Å². The third-order valence-electron chi connectivity index (χ3n) is 5.11. The molecule has 25 heavy (non-hydrogen) atoms. The van der Waals surface area contributed by atoms with Gasteiger partial charge in [0.1, 0.15) is 0 Å². The van der Waals surface area contributed by atoms with E-state index in [4.69, 9.17) is 0 Å². The minimum absolute atomic E-state index is 0.00107. The Balaban J connectivity index is 1.80. The number of carbonyl (C=O) groups is 1. The van der Waals surface area contributed by atoms with Crippen LogP contribution < -0.4 is 5.32 Å². The normalized spacial score (nSPS) is 16.9. The molecule has 4 nitrogen and oxygen atoms in total. The number of para-hydroxylation sites is 1. The molecule has 1 aliphatic heterocycles. The average molecular weight is 338 g/mol. The molecule has 2 aromatic carbocycles. The summed E-state index contributed by atoms with van der Waals surface area (Å²) in [6.45, 7) is 5.65. The van der Waals surface area contributed by atoms with Crippen LogP contribution in [0, 0.1) is 13.8 Å². The summed E-state index contributed by atoms with van der Waals surface area (Å²) in [4.78, 5) is 14.8. The van der Waals surface area contributed by atoms with Gasteiger partial charge >= 0.3 is 0 Å². The highest BCUT2D eigenvalue weighted by Gasteiger charge is 2.29. The van der Waals surface area contributed by atoms with Gasteiger partial charge in [-0.2, -0.15) is 0 Å². The minimum Gasteiger partial charge on any atom is -0.394 e. The van der Waals surface area contributed by atoms with Crippen LogP contribution in [0.25, 0.3) is 0 Å². The van der Waals surface area contributed by atoms with E-state index in [0.717, 1.165) is 25.1 Å². The molecule has 132 valence electrons. The molecule has 0 aliphatic carbocycles. The molecule has 1 atom stereocenters. The van der Waals surface area contributed by atoms with E-state index in [1.807, 2.05) is 24.3 Å². The highest BCUT2D eigenvalue weighted by molar-refractivity contribution is 6.00. The standard InChI is InChI=1S/C21H26N2O2/c1-15-7-5-8-16(2)19(15)13-22-20-11-4-3-10-18(20)21(25)23-12-6-9-17(23)14-24/h3-5,7-8,10-11,17,22,24H,6,9,12-14H2,1-2H3. The van der Waals surface area contributed by atoms with E-state index in [9.17, 15) is 9.90 Å².